The van der Waals surface area contributed by atoms with Crippen LogP contribution in [0, 0.1) is 6.92 Å². The molecule has 1 amide bonds. The van der Waals surface area contributed by atoms with Gasteiger partial charge in [-0.05, 0) is 43.3 Å². The lowest BCUT2D eigenvalue weighted by molar-refractivity contribution is 0.102. The molecule has 5 aromatic rings. The first kappa shape index (κ1) is 21.1. The molecule has 0 saturated heterocycles. The van der Waals surface area contributed by atoms with Crippen molar-refractivity contribution in [2.45, 2.75) is 11.8 Å². The minimum absolute atomic E-state index is 0.108. The van der Waals surface area contributed by atoms with Crippen molar-refractivity contribution < 1.29 is 13.2 Å². The van der Waals surface area contributed by atoms with Crippen molar-refractivity contribution in [3.63, 3.8) is 0 Å². The summed E-state index contributed by atoms with van der Waals surface area (Å²) in [7, 11) is -3.78. The number of nitrogens with zero attached hydrogens (tertiary/aromatic N) is 2. The third kappa shape index (κ3) is 3.94. The molecule has 0 aliphatic heterocycles. The molecule has 2 aromatic heterocycles. The minimum atomic E-state index is -3.78. The fourth-order valence-corrected chi connectivity index (χ4v) is 5.83. The Labute approximate surface area is 195 Å². The van der Waals surface area contributed by atoms with Crippen molar-refractivity contribution in [2.24, 2.45) is 0 Å². The van der Waals surface area contributed by atoms with Crippen LogP contribution in [0.3, 0.4) is 0 Å². The summed E-state index contributed by atoms with van der Waals surface area (Å²) in [6, 6.07) is 24.7. The zero-order chi connectivity index (χ0) is 23.0. The highest BCUT2D eigenvalue weighted by atomic mass is 32.2. The third-order valence-corrected chi connectivity index (χ3v) is 7.89. The number of fused-ring (bicyclic) bond motifs is 1. The fraction of sp³-hybridized carbons (Fsp3) is 0.0400. The van der Waals surface area contributed by atoms with Crippen LogP contribution in [0.4, 0.5) is 5.13 Å². The van der Waals surface area contributed by atoms with Gasteiger partial charge in [-0.25, -0.2) is 17.4 Å². The highest BCUT2D eigenvalue weighted by Gasteiger charge is 2.20. The number of thiazole rings is 1. The predicted octanol–water partition coefficient (Wildman–Crippen LogP) is 5.56. The van der Waals surface area contributed by atoms with Gasteiger partial charge in [0.1, 0.15) is 0 Å². The SMILES string of the molecule is Cc1sc(NC(=O)c2ccc(S(=O)(=O)n3ccc4ccccc43)cc2)nc1-c1ccccc1. The molecule has 0 bridgehead atoms. The van der Waals surface area contributed by atoms with E-state index in [-0.39, 0.29) is 10.8 Å². The second-order valence-electron chi connectivity index (χ2n) is 7.44. The molecule has 3 aromatic carbocycles. The van der Waals surface area contributed by atoms with E-state index in [0.29, 0.717) is 16.2 Å². The van der Waals surface area contributed by atoms with E-state index >= 15 is 0 Å². The largest absolute Gasteiger partial charge is 0.298 e. The van der Waals surface area contributed by atoms with Gasteiger partial charge in [-0.3, -0.25) is 10.1 Å². The molecule has 0 radical (unpaired) electrons. The van der Waals surface area contributed by atoms with Crippen LogP contribution in [-0.2, 0) is 10.0 Å². The van der Waals surface area contributed by atoms with Gasteiger partial charge in [0.05, 0.1) is 16.1 Å². The van der Waals surface area contributed by atoms with Crippen LogP contribution < -0.4 is 5.32 Å². The van der Waals surface area contributed by atoms with Crippen molar-refractivity contribution in [3.8, 4) is 11.3 Å². The quantitative estimate of drug-likeness (QED) is 0.362. The molecule has 33 heavy (non-hydrogen) atoms. The van der Waals surface area contributed by atoms with Gasteiger partial charge in [0, 0.05) is 27.6 Å². The summed E-state index contributed by atoms with van der Waals surface area (Å²) in [6.07, 6.45) is 1.54. The molecule has 2 heterocycles. The van der Waals surface area contributed by atoms with Gasteiger partial charge in [-0.2, -0.15) is 0 Å². The lowest BCUT2D eigenvalue weighted by Crippen LogP contribution is -2.14. The smallest absolute Gasteiger partial charge is 0.268 e. The van der Waals surface area contributed by atoms with Crippen LogP contribution in [0.5, 0.6) is 0 Å². The fourth-order valence-electron chi connectivity index (χ4n) is 3.64. The van der Waals surface area contributed by atoms with E-state index in [1.54, 1.807) is 18.2 Å². The van der Waals surface area contributed by atoms with Crippen molar-refractivity contribution >= 4 is 43.3 Å². The molecule has 0 unspecified atom stereocenters. The molecular formula is C25H19N3O3S2. The van der Waals surface area contributed by atoms with Crippen LogP contribution in [0.25, 0.3) is 22.2 Å². The number of hydrogen-bond acceptors (Lipinski definition) is 5. The van der Waals surface area contributed by atoms with Gasteiger partial charge in [-0.15, -0.1) is 11.3 Å². The number of nitrogens with one attached hydrogen (secondary N) is 1. The Bertz CT molecular complexity index is 1570. The van der Waals surface area contributed by atoms with Crippen molar-refractivity contribution in [1.82, 2.24) is 8.96 Å². The normalized spacial score (nSPS) is 11.5. The first-order chi connectivity index (χ1) is 15.9. The second-order valence-corrected chi connectivity index (χ2v) is 10.5. The summed E-state index contributed by atoms with van der Waals surface area (Å²) in [4.78, 5) is 18.4. The molecule has 164 valence electrons. The van der Waals surface area contributed by atoms with E-state index in [2.05, 4.69) is 10.3 Å². The molecule has 0 fully saturated rings. The average molecular weight is 474 g/mol. The average Bonchev–Trinajstić information content (AvgIpc) is 3.43. The van der Waals surface area contributed by atoms with Crippen LogP contribution in [0.1, 0.15) is 15.2 Å². The first-order valence-electron chi connectivity index (χ1n) is 10.2. The zero-order valence-electron chi connectivity index (χ0n) is 17.6. The maximum Gasteiger partial charge on any atom is 0.268 e. The highest BCUT2D eigenvalue weighted by Crippen LogP contribution is 2.30. The molecule has 5 rings (SSSR count). The van der Waals surface area contributed by atoms with E-state index in [1.165, 1.54) is 45.8 Å². The maximum atomic E-state index is 13.1. The molecular weight excluding hydrogens is 454 g/mol. The van der Waals surface area contributed by atoms with Gasteiger partial charge >= 0.3 is 0 Å². The second kappa shape index (κ2) is 8.31. The monoisotopic (exact) mass is 473 g/mol. The van der Waals surface area contributed by atoms with Gasteiger partial charge in [0.15, 0.2) is 5.13 Å². The summed E-state index contributed by atoms with van der Waals surface area (Å²) >= 11 is 1.40. The van der Waals surface area contributed by atoms with Gasteiger partial charge in [-0.1, -0.05) is 48.5 Å². The summed E-state index contributed by atoms with van der Waals surface area (Å²) in [5, 5.41) is 4.14. The van der Waals surface area contributed by atoms with E-state index in [0.717, 1.165) is 21.5 Å². The van der Waals surface area contributed by atoms with Crippen molar-refractivity contribution in [1.29, 1.82) is 0 Å². The van der Waals surface area contributed by atoms with E-state index in [9.17, 15) is 13.2 Å². The molecule has 1 N–H and O–H groups in total. The molecule has 0 aliphatic carbocycles. The molecule has 0 aliphatic rings. The molecule has 0 saturated carbocycles. The zero-order valence-corrected chi connectivity index (χ0v) is 19.2. The molecule has 8 heteroatoms. The number of hydrogen-bond donors (Lipinski definition) is 1. The number of anilines is 1. The van der Waals surface area contributed by atoms with Gasteiger partial charge in [0.2, 0.25) is 0 Å². The molecule has 6 nitrogen and oxygen atoms in total. The van der Waals surface area contributed by atoms with Crippen LogP contribution in [-0.4, -0.2) is 23.3 Å². The first-order valence-corrected chi connectivity index (χ1v) is 12.4. The highest BCUT2D eigenvalue weighted by molar-refractivity contribution is 7.90. The summed E-state index contributed by atoms with van der Waals surface area (Å²) in [5.41, 5.74) is 2.77. The number of benzene rings is 3. The standard InChI is InChI=1S/C25H19N3O3S2/c1-17-23(19-8-3-2-4-9-19)26-25(32-17)27-24(29)20-11-13-21(14-12-20)33(30,31)28-16-15-18-7-5-6-10-22(18)28/h2-16H,1H3,(H,26,27,29). The predicted molar refractivity (Wildman–Crippen MR) is 131 cm³/mol. The number of para-hydroxylation sites is 1. The Morgan fingerprint density at radius 3 is 2.36 bits per heavy atom. The number of amides is 1. The number of aromatic nitrogens is 2. The molecule has 0 atom stereocenters. The molecule has 0 spiro atoms. The topological polar surface area (TPSA) is 81.1 Å². The summed E-state index contributed by atoms with van der Waals surface area (Å²) in [5.74, 6) is -0.348. The van der Waals surface area contributed by atoms with Crippen LogP contribution >= 0.6 is 11.3 Å². The van der Waals surface area contributed by atoms with Crippen LogP contribution in [0.15, 0.2) is 96.0 Å². The maximum absolute atomic E-state index is 13.1. The van der Waals surface area contributed by atoms with Crippen molar-refractivity contribution in [3.05, 3.63) is 102 Å². The summed E-state index contributed by atoms with van der Waals surface area (Å²) in [6.45, 7) is 1.96. The number of carbonyl (C=O) groups is 1. The van der Waals surface area contributed by atoms with Crippen LogP contribution in [0.2, 0.25) is 0 Å². The van der Waals surface area contributed by atoms with Gasteiger partial charge in [0.25, 0.3) is 15.9 Å². The van der Waals surface area contributed by atoms with E-state index in [1.807, 2.05) is 49.4 Å². The summed E-state index contributed by atoms with van der Waals surface area (Å²) < 4.78 is 27.5. The van der Waals surface area contributed by atoms with E-state index < -0.39 is 10.0 Å². The Balaban J connectivity index is 1.37. The number of rotatable bonds is 5. The lowest BCUT2D eigenvalue weighted by atomic mass is 10.1. The minimum Gasteiger partial charge on any atom is -0.298 e. The Morgan fingerprint density at radius 2 is 1.61 bits per heavy atom. The Hall–Kier alpha value is -3.75. The van der Waals surface area contributed by atoms with E-state index in [4.69, 9.17) is 0 Å². The van der Waals surface area contributed by atoms with Crippen molar-refractivity contribution in [2.75, 3.05) is 5.32 Å². The number of aryl methyl sites for hydroxylation is 1. The van der Waals surface area contributed by atoms with Gasteiger partial charge < -0.3 is 0 Å². The third-order valence-electron chi connectivity index (χ3n) is 5.30. The Morgan fingerprint density at radius 1 is 0.909 bits per heavy atom. The number of carbonyl (C=O) groups excluding carboxylic acids is 1. The Kier molecular flexibility index (Phi) is 5.32. The lowest BCUT2D eigenvalue weighted by Gasteiger charge is -2.08.